The Balaban J connectivity index is 1.77. The monoisotopic (exact) mass is 268 g/mol. The van der Waals surface area contributed by atoms with Gasteiger partial charge in [0.2, 0.25) is 0 Å². The molecule has 1 aromatic carbocycles. The third-order valence-corrected chi connectivity index (χ3v) is 5.06. The summed E-state index contributed by atoms with van der Waals surface area (Å²) in [6, 6.07) is 4.78. The van der Waals surface area contributed by atoms with Crippen molar-refractivity contribution in [1.29, 1.82) is 0 Å². The van der Waals surface area contributed by atoms with Gasteiger partial charge >= 0.3 is 0 Å². The molecule has 0 heterocycles. The van der Waals surface area contributed by atoms with Gasteiger partial charge in [0.05, 0.1) is 0 Å². The highest BCUT2D eigenvalue weighted by Crippen LogP contribution is 2.29. The van der Waals surface area contributed by atoms with Gasteiger partial charge in [-0.05, 0) is 54.4 Å². The van der Waals surface area contributed by atoms with E-state index in [1.807, 2.05) is 0 Å². The van der Waals surface area contributed by atoms with Crippen LogP contribution in [0.2, 0.25) is 0 Å². The molecule has 0 aromatic heterocycles. The Labute approximate surface area is 124 Å². The summed E-state index contributed by atoms with van der Waals surface area (Å²) in [5, 5.41) is 0. The number of hydrogen-bond acceptors (Lipinski definition) is 0. The van der Waals surface area contributed by atoms with E-state index in [9.17, 15) is 0 Å². The van der Waals surface area contributed by atoms with Crippen molar-refractivity contribution in [2.24, 2.45) is 0 Å². The third-order valence-electron chi connectivity index (χ3n) is 5.06. The molecule has 0 heteroatoms. The number of rotatable bonds is 0. The van der Waals surface area contributed by atoms with E-state index >= 15 is 0 Å². The molecule has 0 amide bonds. The van der Waals surface area contributed by atoms with E-state index in [1.165, 1.54) is 82.6 Å². The second kappa shape index (κ2) is 7.11. The topological polar surface area (TPSA) is 0 Å². The summed E-state index contributed by atoms with van der Waals surface area (Å²) >= 11 is 0. The van der Waals surface area contributed by atoms with Gasteiger partial charge in [-0.25, -0.2) is 0 Å². The first kappa shape index (κ1) is 13.9. The summed E-state index contributed by atoms with van der Waals surface area (Å²) < 4.78 is 0. The van der Waals surface area contributed by atoms with Crippen LogP contribution in [-0.2, 0) is 19.3 Å². The average Bonchev–Trinajstić information content (AvgIpc) is 2.94. The van der Waals surface area contributed by atoms with E-state index in [4.69, 9.17) is 0 Å². The van der Waals surface area contributed by atoms with Crippen LogP contribution in [0, 0.1) is 0 Å². The highest BCUT2D eigenvalue weighted by molar-refractivity contribution is 5.63. The fourth-order valence-electron chi connectivity index (χ4n) is 3.86. The van der Waals surface area contributed by atoms with Gasteiger partial charge in [0.25, 0.3) is 0 Å². The molecule has 0 spiro atoms. The zero-order valence-corrected chi connectivity index (χ0v) is 12.8. The maximum atomic E-state index is 2.42. The number of benzene rings is 1. The molecule has 2 aliphatic carbocycles. The van der Waals surface area contributed by atoms with Gasteiger partial charge in [0.15, 0.2) is 0 Å². The molecule has 0 aliphatic heterocycles. The predicted molar refractivity (Wildman–Crippen MR) is 88.1 cm³/mol. The Morgan fingerprint density at radius 2 is 1.25 bits per heavy atom. The highest BCUT2D eigenvalue weighted by Gasteiger charge is 2.14. The predicted octanol–water partition coefficient (Wildman–Crippen LogP) is 5.87. The Hall–Kier alpha value is -1.04. The molecule has 0 fully saturated rings. The van der Waals surface area contributed by atoms with Gasteiger partial charge in [0.1, 0.15) is 0 Å². The Kier molecular flexibility index (Phi) is 4.95. The second-order valence-corrected chi connectivity index (χ2v) is 6.56. The molecule has 20 heavy (non-hydrogen) atoms. The first-order chi connectivity index (χ1) is 9.95. The summed E-state index contributed by atoms with van der Waals surface area (Å²) in [7, 11) is 0. The third kappa shape index (κ3) is 3.34. The van der Waals surface area contributed by atoms with Crippen LogP contribution in [-0.4, -0.2) is 0 Å². The molecular weight excluding hydrogens is 240 g/mol. The SMILES string of the molecule is C1=Cc2ccc3c(c2C1)CCCCCCCCCCC3. The number of fused-ring (bicyclic) bond motifs is 3. The molecular formula is C20H28. The first-order valence-corrected chi connectivity index (χ1v) is 8.75. The van der Waals surface area contributed by atoms with Crippen molar-refractivity contribution in [3.05, 3.63) is 40.5 Å². The van der Waals surface area contributed by atoms with Crippen LogP contribution in [0.3, 0.4) is 0 Å². The van der Waals surface area contributed by atoms with E-state index < -0.39 is 0 Å². The van der Waals surface area contributed by atoms with Crippen LogP contribution in [0.4, 0.5) is 0 Å². The molecule has 108 valence electrons. The lowest BCUT2D eigenvalue weighted by Gasteiger charge is -2.15. The van der Waals surface area contributed by atoms with E-state index in [1.54, 1.807) is 16.7 Å². The second-order valence-electron chi connectivity index (χ2n) is 6.56. The molecule has 0 saturated carbocycles. The summed E-state index contributed by atoms with van der Waals surface area (Å²) in [6.45, 7) is 0. The van der Waals surface area contributed by atoms with Crippen LogP contribution >= 0.6 is 0 Å². The molecule has 2 aliphatic rings. The van der Waals surface area contributed by atoms with Gasteiger partial charge in [0, 0.05) is 0 Å². The van der Waals surface area contributed by atoms with Crippen molar-refractivity contribution in [3.8, 4) is 0 Å². The average molecular weight is 268 g/mol. The van der Waals surface area contributed by atoms with E-state index in [2.05, 4.69) is 24.3 Å². The van der Waals surface area contributed by atoms with Crippen LogP contribution in [0.25, 0.3) is 6.08 Å². The lowest BCUT2D eigenvalue weighted by atomic mass is 9.90. The smallest absolute Gasteiger partial charge is 0.00853 e. The zero-order chi connectivity index (χ0) is 13.6. The summed E-state index contributed by atoms with van der Waals surface area (Å²) in [4.78, 5) is 0. The minimum atomic E-state index is 1.18. The molecule has 1 aromatic rings. The standard InChI is InChI=1S/C20H28/c1-2-4-6-8-11-17-15-16-18-12-10-14-20(18)19(17)13-9-7-5-3-1/h10,12,15-16H,1-9,11,13-14H2. The van der Waals surface area contributed by atoms with Crippen LogP contribution < -0.4 is 0 Å². The number of hydrogen-bond donors (Lipinski definition) is 0. The van der Waals surface area contributed by atoms with Gasteiger partial charge in [-0.1, -0.05) is 69.2 Å². The van der Waals surface area contributed by atoms with Crippen molar-refractivity contribution in [2.45, 2.75) is 77.0 Å². The van der Waals surface area contributed by atoms with Crippen LogP contribution in [0.15, 0.2) is 18.2 Å². The van der Waals surface area contributed by atoms with Gasteiger partial charge in [-0.3, -0.25) is 0 Å². The summed E-state index contributed by atoms with van der Waals surface area (Å²) in [5.74, 6) is 0. The Bertz CT molecular complexity index is 467. The number of allylic oxidation sites excluding steroid dienone is 1. The lowest BCUT2D eigenvalue weighted by molar-refractivity contribution is 0.563. The van der Waals surface area contributed by atoms with Gasteiger partial charge in [-0.2, -0.15) is 0 Å². The molecule has 0 radical (unpaired) electrons. The van der Waals surface area contributed by atoms with E-state index in [0.29, 0.717) is 0 Å². The molecule has 0 unspecified atom stereocenters. The minimum absolute atomic E-state index is 1.18. The van der Waals surface area contributed by atoms with Crippen molar-refractivity contribution in [1.82, 2.24) is 0 Å². The maximum Gasteiger partial charge on any atom is -0.00853 e. The highest BCUT2D eigenvalue weighted by atomic mass is 14.2. The molecule has 0 saturated heterocycles. The fourth-order valence-corrected chi connectivity index (χ4v) is 3.86. The quantitative estimate of drug-likeness (QED) is 0.552. The normalized spacial score (nSPS) is 20.4. The Morgan fingerprint density at radius 3 is 2.00 bits per heavy atom. The van der Waals surface area contributed by atoms with Crippen molar-refractivity contribution < 1.29 is 0 Å². The molecule has 0 nitrogen and oxygen atoms in total. The van der Waals surface area contributed by atoms with Crippen LogP contribution in [0.5, 0.6) is 0 Å². The fraction of sp³-hybridized carbons (Fsp3) is 0.600. The summed E-state index contributed by atoms with van der Waals surface area (Å²) in [6.07, 6.45) is 21.4. The molecule has 0 N–H and O–H groups in total. The van der Waals surface area contributed by atoms with Crippen molar-refractivity contribution in [3.63, 3.8) is 0 Å². The largest absolute Gasteiger partial charge is 0.0795 e. The lowest BCUT2D eigenvalue weighted by Crippen LogP contribution is -2.01. The van der Waals surface area contributed by atoms with Crippen molar-refractivity contribution >= 4 is 6.08 Å². The molecule has 3 rings (SSSR count). The van der Waals surface area contributed by atoms with Gasteiger partial charge < -0.3 is 0 Å². The number of aryl methyl sites for hydroxylation is 1. The van der Waals surface area contributed by atoms with Crippen molar-refractivity contribution in [2.75, 3.05) is 0 Å². The summed E-state index contributed by atoms with van der Waals surface area (Å²) in [5.41, 5.74) is 6.52. The molecule has 0 bridgehead atoms. The zero-order valence-electron chi connectivity index (χ0n) is 12.8. The van der Waals surface area contributed by atoms with Gasteiger partial charge in [-0.15, -0.1) is 0 Å². The molecule has 0 atom stereocenters. The maximum absolute atomic E-state index is 2.42. The van der Waals surface area contributed by atoms with Crippen LogP contribution in [0.1, 0.15) is 80.0 Å². The minimum Gasteiger partial charge on any atom is -0.0795 e. The Morgan fingerprint density at radius 1 is 0.600 bits per heavy atom. The van der Waals surface area contributed by atoms with E-state index in [-0.39, 0.29) is 0 Å². The van der Waals surface area contributed by atoms with E-state index in [0.717, 1.165) is 0 Å². The first-order valence-electron chi connectivity index (χ1n) is 8.75.